The minimum Gasteiger partial charge on any atom is -0.309 e. The Morgan fingerprint density at radius 1 is 1.33 bits per heavy atom. The summed E-state index contributed by atoms with van der Waals surface area (Å²) in [6.45, 7) is 7.64. The molecule has 0 amide bonds. The van der Waals surface area contributed by atoms with Gasteiger partial charge in [-0.3, -0.25) is 0 Å². The SMILES string of the molecule is CC(C)CCC[C@@H](C)NCc1csnn1. The molecule has 1 heterocycles. The van der Waals surface area contributed by atoms with Gasteiger partial charge in [-0.25, -0.2) is 0 Å². The highest BCUT2D eigenvalue weighted by Crippen LogP contribution is 2.08. The van der Waals surface area contributed by atoms with Crippen LogP contribution in [-0.4, -0.2) is 15.6 Å². The fraction of sp³-hybridized carbons (Fsp3) is 0.818. The van der Waals surface area contributed by atoms with Crippen molar-refractivity contribution in [3.05, 3.63) is 11.1 Å². The molecule has 0 aliphatic carbocycles. The quantitative estimate of drug-likeness (QED) is 0.778. The predicted molar refractivity (Wildman–Crippen MR) is 64.9 cm³/mol. The van der Waals surface area contributed by atoms with Crippen molar-refractivity contribution in [2.24, 2.45) is 5.92 Å². The molecule has 86 valence electrons. The Morgan fingerprint density at radius 2 is 2.13 bits per heavy atom. The van der Waals surface area contributed by atoms with Gasteiger partial charge in [0.05, 0.1) is 5.69 Å². The molecule has 0 unspecified atom stereocenters. The summed E-state index contributed by atoms with van der Waals surface area (Å²) in [7, 11) is 0. The lowest BCUT2D eigenvalue weighted by Crippen LogP contribution is -2.25. The summed E-state index contributed by atoms with van der Waals surface area (Å²) in [5.74, 6) is 0.819. The summed E-state index contributed by atoms with van der Waals surface area (Å²) in [5, 5.41) is 9.46. The van der Waals surface area contributed by atoms with Gasteiger partial charge >= 0.3 is 0 Å². The minimum absolute atomic E-state index is 0.574. The van der Waals surface area contributed by atoms with E-state index >= 15 is 0 Å². The van der Waals surface area contributed by atoms with Crippen LogP contribution in [0.4, 0.5) is 0 Å². The second-order valence-corrected chi connectivity index (χ2v) is 5.11. The smallest absolute Gasteiger partial charge is 0.0893 e. The summed E-state index contributed by atoms with van der Waals surface area (Å²) in [4.78, 5) is 0. The van der Waals surface area contributed by atoms with Gasteiger partial charge in [-0.15, -0.1) is 5.10 Å². The van der Waals surface area contributed by atoms with E-state index in [4.69, 9.17) is 0 Å². The van der Waals surface area contributed by atoms with Gasteiger partial charge in [0.25, 0.3) is 0 Å². The summed E-state index contributed by atoms with van der Waals surface area (Å²) < 4.78 is 3.84. The Labute approximate surface area is 96.5 Å². The van der Waals surface area contributed by atoms with E-state index in [0.717, 1.165) is 18.2 Å². The van der Waals surface area contributed by atoms with E-state index in [0.29, 0.717) is 6.04 Å². The Hall–Kier alpha value is -0.480. The van der Waals surface area contributed by atoms with Gasteiger partial charge in [0.2, 0.25) is 0 Å². The van der Waals surface area contributed by atoms with Gasteiger partial charge in [0, 0.05) is 18.0 Å². The summed E-state index contributed by atoms with van der Waals surface area (Å²) in [6.07, 6.45) is 3.88. The molecule has 3 nitrogen and oxygen atoms in total. The van der Waals surface area contributed by atoms with Crippen LogP contribution in [0.2, 0.25) is 0 Å². The molecule has 0 fully saturated rings. The molecule has 4 heteroatoms. The van der Waals surface area contributed by atoms with E-state index in [9.17, 15) is 0 Å². The third-order valence-corrected chi connectivity index (χ3v) is 3.01. The third-order valence-electron chi connectivity index (χ3n) is 2.46. The third kappa shape index (κ3) is 5.85. The number of aromatic nitrogens is 2. The highest BCUT2D eigenvalue weighted by Gasteiger charge is 2.03. The molecule has 0 saturated heterocycles. The zero-order valence-corrected chi connectivity index (χ0v) is 10.7. The number of nitrogens with one attached hydrogen (secondary N) is 1. The van der Waals surface area contributed by atoms with Crippen molar-refractivity contribution < 1.29 is 0 Å². The van der Waals surface area contributed by atoms with Crippen molar-refractivity contribution in [3.8, 4) is 0 Å². The van der Waals surface area contributed by atoms with Crippen LogP contribution in [-0.2, 0) is 6.54 Å². The maximum absolute atomic E-state index is 4.00. The first-order valence-electron chi connectivity index (χ1n) is 5.67. The predicted octanol–water partition coefficient (Wildman–Crippen LogP) is 2.84. The summed E-state index contributed by atoms with van der Waals surface area (Å²) in [6, 6.07) is 0.574. The lowest BCUT2D eigenvalue weighted by molar-refractivity contribution is 0.455. The molecular weight excluding hydrogens is 206 g/mol. The van der Waals surface area contributed by atoms with E-state index in [2.05, 4.69) is 35.7 Å². The van der Waals surface area contributed by atoms with Crippen molar-refractivity contribution in [3.63, 3.8) is 0 Å². The van der Waals surface area contributed by atoms with Gasteiger partial charge in [-0.05, 0) is 30.8 Å². The van der Waals surface area contributed by atoms with Crippen LogP contribution >= 0.6 is 11.5 Å². The number of hydrogen-bond donors (Lipinski definition) is 1. The lowest BCUT2D eigenvalue weighted by atomic mass is 10.0. The van der Waals surface area contributed by atoms with Crippen LogP contribution in [0.3, 0.4) is 0 Å². The fourth-order valence-corrected chi connectivity index (χ4v) is 1.93. The van der Waals surface area contributed by atoms with Gasteiger partial charge in [0.15, 0.2) is 0 Å². The zero-order chi connectivity index (χ0) is 11.1. The van der Waals surface area contributed by atoms with Crippen LogP contribution in [0, 0.1) is 5.92 Å². The van der Waals surface area contributed by atoms with Gasteiger partial charge in [-0.1, -0.05) is 31.2 Å². The fourth-order valence-electron chi connectivity index (χ4n) is 1.47. The topological polar surface area (TPSA) is 37.8 Å². The highest BCUT2D eigenvalue weighted by molar-refractivity contribution is 7.03. The Kier molecular flexibility index (Phi) is 5.79. The van der Waals surface area contributed by atoms with Crippen molar-refractivity contribution in [2.45, 2.75) is 52.6 Å². The standard InChI is InChI=1S/C11H21N3S/c1-9(2)5-4-6-10(3)12-7-11-8-15-14-13-11/h8-10,12H,4-7H2,1-3H3/t10-/m1/s1. The second-order valence-electron chi connectivity index (χ2n) is 4.50. The van der Waals surface area contributed by atoms with E-state index in [1.165, 1.54) is 30.8 Å². The minimum atomic E-state index is 0.574. The van der Waals surface area contributed by atoms with Crippen LogP contribution in [0.15, 0.2) is 5.38 Å². The molecule has 0 radical (unpaired) electrons. The molecule has 0 aromatic carbocycles. The van der Waals surface area contributed by atoms with Crippen LogP contribution in [0.5, 0.6) is 0 Å². The molecule has 1 N–H and O–H groups in total. The first kappa shape index (κ1) is 12.6. The average molecular weight is 227 g/mol. The molecule has 15 heavy (non-hydrogen) atoms. The van der Waals surface area contributed by atoms with Crippen molar-refractivity contribution in [1.82, 2.24) is 14.9 Å². The molecule has 1 aromatic heterocycles. The maximum Gasteiger partial charge on any atom is 0.0893 e. The maximum atomic E-state index is 4.00. The van der Waals surface area contributed by atoms with Crippen LogP contribution < -0.4 is 5.32 Å². The monoisotopic (exact) mass is 227 g/mol. The Balaban J connectivity index is 2.06. The van der Waals surface area contributed by atoms with Crippen LogP contribution in [0.1, 0.15) is 45.7 Å². The molecule has 0 aliphatic heterocycles. The summed E-state index contributed by atoms with van der Waals surface area (Å²) >= 11 is 1.41. The van der Waals surface area contributed by atoms with Gasteiger partial charge < -0.3 is 5.32 Å². The summed E-state index contributed by atoms with van der Waals surface area (Å²) in [5.41, 5.74) is 1.05. The molecule has 0 bridgehead atoms. The van der Waals surface area contributed by atoms with E-state index in [-0.39, 0.29) is 0 Å². The first-order valence-corrected chi connectivity index (χ1v) is 6.51. The highest BCUT2D eigenvalue weighted by atomic mass is 32.1. The normalized spacial score (nSPS) is 13.3. The largest absolute Gasteiger partial charge is 0.309 e. The molecule has 0 spiro atoms. The molecule has 1 rings (SSSR count). The number of nitrogens with zero attached hydrogens (tertiary/aromatic N) is 2. The Bertz CT molecular complexity index is 246. The van der Waals surface area contributed by atoms with E-state index in [1.807, 2.05) is 5.38 Å². The van der Waals surface area contributed by atoms with Gasteiger partial charge in [-0.2, -0.15) is 0 Å². The number of hydrogen-bond acceptors (Lipinski definition) is 4. The van der Waals surface area contributed by atoms with Crippen molar-refractivity contribution in [1.29, 1.82) is 0 Å². The second kappa shape index (κ2) is 6.90. The first-order chi connectivity index (χ1) is 7.18. The molecule has 1 aromatic rings. The van der Waals surface area contributed by atoms with E-state index in [1.54, 1.807) is 0 Å². The average Bonchev–Trinajstić information content (AvgIpc) is 2.66. The van der Waals surface area contributed by atoms with Crippen LogP contribution in [0.25, 0.3) is 0 Å². The van der Waals surface area contributed by atoms with Crippen molar-refractivity contribution >= 4 is 11.5 Å². The molecule has 1 atom stereocenters. The molecular formula is C11H21N3S. The van der Waals surface area contributed by atoms with Crippen molar-refractivity contribution in [2.75, 3.05) is 0 Å². The number of rotatable bonds is 7. The van der Waals surface area contributed by atoms with Gasteiger partial charge in [0.1, 0.15) is 0 Å². The molecule has 0 saturated carbocycles. The zero-order valence-electron chi connectivity index (χ0n) is 9.86. The van der Waals surface area contributed by atoms with E-state index < -0.39 is 0 Å². The molecule has 0 aliphatic rings. The lowest BCUT2D eigenvalue weighted by Gasteiger charge is -2.13. The Morgan fingerprint density at radius 3 is 2.73 bits per heavy atom.